The number of hydrogen-bond acceptors (Lipinski definition) is 4. The van der Waals surface area contributed by atoms with Gasteiger partial charge in [0.1, 0.15) is 11.4 Å². The van der Waals surface area contributed by atoms with Crippen LogP contribution in [0.4, 0.5) is 0 Å². The van der Waals surface area contributed by atoms with Crippen molar-refractivity contribution < 1.29 is 9.84 Å². The fourth-order valence-corrected chi connectivity index (χ4v) is 1.45. The zero-order chi connectivity index (χ0) is 11.4. The lowest BCUT2D eigenvalue weighted by Gasteiger charge is -2.03. The second-order valence-corrected chi connectivity index (χ2v) is 3.42. The summed E-state index contributed by atoms with van der Waals surface area (Å²) in [6.45, 7) is 0.530. The molecule has 0 aliphatic rings. The highest BCUT2D eigenvalue weighted by Crippen LogP contribution is 2.13. The van der Waals surface area contributed by atoms with E-state index in [0.717, 1.165) is 11.3 Å². The lowest BCUT2D eigenvalue weighted by atomic mass is 10.2. The van der Waals surface area contributed by atoms with E-state index < -0.39 is 0 Å². The van der Waals surface area contributed by atoms with Crippen molar-refractivity contribution >= 4 is 0 Å². The molecule has 0 amide bonds. The molecule has 1 N–H and O–H groups in total. The molecule has 5 nitrogen and oxygen atoms in total. The van der Waals surface area contributed by atoms with Gasteiger partial charge in [-0.3, -0.25) is 0 Å². The molecule has 0 spiro atoms. The highest BCUT2D eigenvalue weighted by Gasteiger charge is 2.01. The summed E-state index contributed by atoms with van der Waals surface area (Å²) in [5.74, 6) is 0.819. The lowest BCUT2D eigenvalue weighted by Crippen LogP contribution is -2.00. The summed E-state index contributed by atoms with van der Waals surface area (Å²) in [5.41, 5.74) is 1.65. The van der Waals surface area contributed by atoms with Crippen LogP contribution in [0.25, 0.3) is 0 Å². The molecular weight excluding hydrogens is 206 g/mol. The van der Waals surface area contributed by atoms with Gasteiger partial charge in [0.15, 0.2) is 0 Å². The minimum atomic E-state index is -0.0852. The molecule has 0 saturated heterocycles. The molecule has 2 aromatic rings. The molecule has 2 rings (SSSR count). The predicted molar refractivity (Wildman–Crippen MR) is 58.0 cm³/mol. The quantitative estimate of drug-likeness (QED) is 0.827. The number of rotatable bonds is 4. The fourth-order valence-electron chi connectivity index (χ4n) is 1.45. The smallest absolute Gasteiger partial charge is 0.119 e. The van der Waals surface area contributed by atoms with Crippen LogP contribution in [0.2, 0.25) is 0 Å². The first-order valence-corrected chi connectivity index (χ1v) is 4.94. The van der Waals surface area contributed by atoms with Crippen LogP contribution in [0, 0.1) is 0 Å². The Morgan fingerprint density at radius 2 is 2.31 bits per heavy atom. The maximum Gasteiger partial charge on any atom is 0.119 e. The number of aromatic nitrogens is 3. The molecule has 5 heteroatoms. The second kappa shape index (κ2) is 4.76. The van der Waals surface area contributed by atoms with Gasteiger partial charge < -0.3 is 9.84 Å². The molecule has 0 fully saturated rings. The number of benzene rings is 1. The highest BCUT2D eigenvalue weighted by molar-refractivity contribution is 5.28. The molecule has 0 unspecified atom stereocenters. The van der Waals surface area contributed by atoms with Crippen LogP contribution in [0.1, 0.15) is 11.3 Å². The number of ether oxygens (including phenoxy) is 1. The van der Waals surface area contributed by atoms with Crippen LogP contribution in [0.3, 0.4) is 0 Å². The Labute approximate surface area is 93.3 Å². The molecule has 16 heavy (non-hydrogen) atoms. The Hall–Kier alpha value is -1.88. The van der Waals surface area contributed by atoms with Crippen molar-refractivity contribution in [3.05, 3.63) is 41.7 Å². The summed E-state index contributed by atoms with van der Waals surface area (Å²) in [4.78, 5) is 0. The molecule has 0 bridgehead atoms. The summed E-state index contributed by atoms with van der Waals surface area (Å²) in [6, 6.07) is 7.76. The third-order valence-corrected chi connectivity index (χ3v) is 2.23. The van der Waals surface area contributed by atoms with Gasteiger partial charge in [0.05, 0.1) is 26.5 Å². The fraction of sp³-hybridized carbons (Fsp3) is 0.273. The van der Waals surface area contributed by atoms with E-state index in [9.17, 15) is 0 Å². The number of aliphatic hydroxyl groups excluding tert-OH is 1. The molecule has 0 aliphatic carbocycles. The number of aliphatic hydroxyl groups is 1. The SMILES string of the molecule is COc1cccc(Cn2cc(CO)nn2)c1. The van der Waals surface area contributed by atoms with Crippen molar-refractivity contribution in [2.45, 2.75) is 13.2 Å². The summed E-state index contributed by atoms with van der Waals surface area (Å²) < 4.78 is 6.81. The Morgan fingerprint density at radius 1 is 1.44 bits per heavy atom. The molecule has 0 radical (unpaired) electrons. The molecule has 0 aliphatic heterocycles. The molecule has 84 valence electrons. The first-order valence-electron chi connectivity index (χ1n) is 4.94. The minimum Gasteiger partial charge on any atom is -0.497 e. The van der Waals surface area contributed by atoms with E-state index in [1.165, 1.54) is 0 Å². The van der Waals surface area contributed by atoms with Gasteiger partial charge in [0, 0.05) is 0 Å². The summed E-state index contributed by atoms with van der Waals surface area (Å²) >= 11 is 0. The summed E-state index contributed by atoms with van der Waals surface area (Å²) in [6.07, 6.45) is 1.72. The third kappa shape index (κ3) is 2.38. The van der Waals surface area contributed by atoms with Gasteiger partial charge >= 0.3 is 0 Å². The first-order chi connectivity index (χ1) is 7.81. The summed E-state index contributed by atoms with van der Waals surface area (Å²) in [5, 5.41) is 16.6. The largest absolute Gasteiger partial charge is 0.497 e. The van der Waals surface area contributed by atoms with Gasteiger partial charge in [0.2, 0.25) is 0 Å². The predicted octanol–water partition coefficient (Wildman–Crippen LogP) is 0.827. The van der Waals surface area contributed by atoms with Crippen molar-refractivity contribution in [2.24, 2.45) is 0 Å². The second-order valence-electron chi connectivity index (χ2n) is 3.42. The topological polar surface area (TPSA) is 60.2 Å². The number of methoxy groups -OCH3 is 1. The Balaban J connectivity index is 2.13. The molecule has 1 aromatic carbocycles. The first kappa shape index (κ1) is 10.6. The molecule has 0 atom stereocenters. The van der Waals surface area contributed by atoms with Crippen LogP contribution in [0.5, 0.6) is 5.75 Å². The molecule has 1 aromatic heterocycles. The van der Waals surface area contributed by atoms with Crippen molar-refractivity contribution in [1.82, 2.24) is 15.0 Å². The Kier molecular flexibility index (Phi) is 3.16. The van der Waals surface area contributed by atoms with E-state index in [1.807, 2.05) is 24.3 Å². The van der Waals surface area contributed by atoms with E-state index in [0.29, 0.717) is 12.2 Å². The Bertz CT molecular complexity index is 468. The van der Waals surface area contributed by atoms with Crippen molar-refractivity contribution in [1.29, 1.82) is 0 Å². The van der Waals surface area contributed by atoms with E-state index >= 15 is 0 Å². The van der Waals surface area contributed by atoms with E-state index in [2.05, 4.69) is 10.3 Å². The number of hydrogen-bond donors (Lipinski definition) is 1. The van der Waals surface area contributed by atoms with E-state index in [4.69, 9.17) is 9.84 Å². The zero-order valence-corrected chi connectivity index (χ0v) is 9.00. The van der Waals surface area contributed by atoms with Gasteiger partial charge in [-0.05, 0) is 17.7 Å². The zero-order valence-electron chi connectivity index (χ0n) is 9.00. The van der Waals surface area contributed by atoms with Gasteiger partial charge in [-0.15, -0.1) is 5.10 Å². The van der Waals surface area contributed by atoms with Gasteiger partial charge in [-0.2, -0.15) is 0 Å². The lowest BCUT2D eigenvalue weighted by molar-refractivity contribution is 0.276. The maximum atomic E-state index is 8.86. The van der Waals surface area contributed by atoms with Gasteiger partial charge in [-0.1, -0.05) is 17.3 Å². The van der Waals surface area contributed by atoms with E-state index in [1.54, 1.807) is 18.0 Å². The monoisotopic (exact) mass is 219 g/mol. The number of nitrogens with zero attached hydrogens (tertiary/aromatic N) is 3. The van der Waals surface area contributed by atoms with Crippen molar-refractivity contribution in [3.8, 4) is 5.75 Å². The van der Waals surface area contributed by atoms with Gasteiger partial charge in [-0.25, -0.2) is 4.68 Å². The van der Waals surface area contributed by atoms with Gasteiger partial charge in [0.25, 0.3) is 0 Å². The molecule has 1 heterocycles. The van der Waals surface area contributed by atoms with E-state index in [-0.39, 0.29) is 6.61 Å². The normalized spacial score (nSPS) is 10.4. The Morgan fingerprint density at radius 3 is 3.00 bits per heavy atom. The van der Waals surface area contributed by atoms with Crippen LogP contribution in [-0.2, 0) is 13.2 Å². The average Bonchev–Trinajstić information content (AvgIpc) is 2.77. The molecular formula is C11H13N3O2. The minimum absolute atomic E-state index is 0.0852. The van der Waals surface area contributed by atoms with Crippen molar-refractivity contribution in [2.75, 3.05) is 7.11 Å². The van der Waals surface area contributed by atoms with Crippen LogP contribution >= 0.6 is 0 Å². The van der Waals surface area contributed by atoms with Crippen LogP contribution in [-0.4, -0.2) is 27.2 Å². The standard InChI is InChI=1S/C11H13N3O2/c1-16-11-4-2-3-9(5-11)6-14-7-10(8-15)12-13-14/h2-5,7,15H,6,8H2,1H3. The average molecular weight is 219 g/mol. The highest BCUT2D eigenvalue weighted by atomic mass is 16.5. The third-order valence-electron chi connectivity index (χ3n) is 2.23. The maximum absolute atomic E-state index is 8.86. The van der Waals surface area contributed by atoms with Crippen LogP contribution < -0.4 is 4.74 Å². The van der Waals surface area contributed by atoms with Crippen molar-refractivity contribution in [3.63, 3.8) is 0 Å². The molecule has 0 saturated carbocycles. The van der Waals surface area contributed by atoms with Crippen LogP contribution in [0.15, 0.2) is 30.5 Å². The summed E-state index contributed by atoms with van der Waals surface area (Å²) in [7, 11) is 1.64.